The standard InChI is InChI=1S/C30H30N4O4/c1-17-11-24(18(2)31-26-10-6-5-9-23(26)29(37)38)27-25(12-17)28(36)34(21-13-22(35)14-21)30(32-27)33-15-19-7-3-4-8-20(19)16-33/h3-12,18,21-22,31,35H,13-16H2,1-2H3,(H,37,38)/t18?,21-,22-. The molecule has 0 amide bonds. The van der Waals surface area contributed by atoms with Crippen LogP contribution in [0.25, 0.3) is 10.9 Å². The SMILES string of the molecule is Cc1cc(C(C)Nc2ccccc2C(=O)O)c2nc(N3Cc4ccccc4C3)n([C@H]3C[C@H](O)C3)c(=O)c2c1. The summed E-state index contributed by atoms with van der Waals surface area (Å²) in [7, 11) is 0. The summed E-state index contributed by atoms with van der Waals surface area (Å²) in [5.41, 5.74) is 5.37. The molecule has 4 aromatic rings. The molecule has 6 rings (SSSR count). The second kappa shape index (κ2) is 9.29. The van der Waals surface area contributed by atoms with Gasteiger partial charge in [-0.2, -0.15) is 0 Å². The number of carboxylic acid groups (broad SMARTS) is 1. The number of nitrogens with zero attached hydrogens (tertiary/aromatic N) is 3. The van der Waals surface area contributed by atoms with Gasteiger partial charge in [0.1, 0.15) is 0 Å². The molecule has 0 spiro atoms. The number of aromatic carboxylic acids is 1. The summed E-state index contributed by atoms with van der Waals surface area (Å²) in [6, 6.07) is 18.5. The number of benzene rings is 3. The largest absolute Gasteiger partial charge is 0.478 e. The fourth-order valence-corrected chi connectivity index (χ4v) is 5.70. The lowest BCUT2D eigenvalue weighted by atomic mass is 9.89. The number of fused-ring (bicyclic) bond motifs is 2. The Hall–Kier alpha value is -4.17. The number of aromatic nitrogens is 2. The van der Waals surface area contributed by atoms with Crippen molar-refractivity contribution in [2.45, 2.75) is 58.0 Å². The number of anilines is 2. The Morgan fingerprint density at radius 1 is 1.05 bits per heavy atom. The predicted molar refractivity (Wildman–Crippen MR) is 147 cm³/mol. The van der Waals surface area contributed by atoms with Gasteiger partial charge in [0.2, 0.25) is 5.95 Å². The van der Waals surface area contributed by atoms with E-state index in [1.165, 1.54) is 11.1 Å². The van der Waals surface area contributed by atoms with Crippen molar-refractivity contribution in [2.24, 2.45) is 0 Å². The van der Waals surface area contributed by atoms with Crippen molar-refractivity contribution in [3.05, 3.63) is 98.8 Å². The van der Waals surface area contributed by atoms with Gasteiger partial charge >= 0.3 is 5.97 Å². The molecular weight excluding hydrogens is 480 g/mol. The number of carboxylic acids is 1. The zero-order valence-electron chi connectivity index (χ0n) is 21.4. The highest BCUT2D eigenvalue weighted by Crippen LogP contribution is 2.37. The highest BCUT2D eigenvalue weighted by atomic mass is 16.4. The maximum atomic E-state index is 14.1. The van der Waals surface area contributed by atoms with Crippen LogP contribution in [0.4, 0.5) is 11.6 Å². The van der Waals surface area contributed by atoms with Gasteiger partial charge in [0, 0.05) is 30.4 Å². The van der Waals surface area contributed by atoms with Gasteiger partial charge in [0.15, 0.2) is 0 Å². The minimum atomic E-state index is -1.01. The number of para-hydroxylation sites is 1. The quantitative estimate of drug-likeness (QED) is 0.342. The maximum absolute atomic E-state index is 14.1. The van der Waals surface area contributed by atoms with Crippen LogP contribution in [0.15, 0.2) is 65.5 Å². The van der Waals surface area contributed by atoms with Crippen LogP contribution in [0.2, 0.25) is 0 Å². The molecule has 38 heavy (non-hydrogen) atoms. The minimum absolute atomic E-state index is 0.102. The van der Waals surface area contributed by atoms with Crippen LogP contribution in [0, 0.1) is 6.92 Å². The molecule has 1 aromatic heterocycles. The molecule has 1 fully saturated rings. The van der Waals surface area contributed by atoms with E-state index in [9.17, 15) is 19.8 Å². The molecule has 3 N–H and O–H groups in total. The molecule has 0 radical (unpaired) electrons. The van der Waals surface area contributed by atoms with Crippen LogP contribution in [-0.4, -0.2) is 31.8 Å². The molecule has 0 saturated heterocycles. The summed E-state index contributed by atoms with van der Waals surface area (Å²) in [6.07, 6.45) is 0.658. The highest BCUT2D eigenvalue weighted by molar-refractivity contribution is 5.94. The van der Waals surface area contributed by atoms with Crippen LogP contribution in [0.3, 0.4) is 0 Å². The van der Waals surface area contributed by atoms with Gasteiger partial charge in [-0.3, -0.25) is 9.36 Å². The number of aliphatic hydroxyl groups is 1. The first-order valence-corrected chi connectivity index (χ1v) is 13.0. The maximum Gasteiger partial charge on any atom is 0.337 e. The number of nitrogens with one attached hydrogen (secondary N) is 1. The lowest BCUT2D eigenvalue weighted by Crippen LogP contribution is -2.40. The number of hydrogen-bond donors (Lipinski definition) is 3. The van der Waals surface area contributed by atoms with Gasteiger partial charge < -0.3 is 20.4 Å². The van der Waals surface area contributed by atoms with Crippen LogP contribution in [0.5, 0.6) is 0 Å². The van der Waals surface area contributed by atoms with Crippen molar-refractivity contribution in [1.29, 1.82) is 0 Å². The van der Waals surface area contributed by atoms with Crippen molar-refractivity contribution in [3.8, 4) is 0 Å². The Morgan fingerprint density at radius 3 is 2.37 bits per heavy atom. The van der Waals surface area contributed by atoms with Crippen molar-refractivity contribution in [1.82, 2.24) is 9.55 Å². The number of rotatable bonds is 6. The van der Waals surface area contributed by atoms with E-state index in [4.69, 9.17) is 4.98 Å². The Morgan fingerprint density at radius 2 is 1.71 bits per heavy atom. The van der Waals surface area contributed by atoms with E-state index in [0.29, 0.717) is 48.5 Å². The molecule has 1 unspecified atom stereocenters. The van der Waals surface area contributed by atoms with E-state index in [-0.39, 0.29) is 23.2 Å². The van der Waals surface area contributed by atoms with Crippen molar-refractivity contribution in [3.63, 3.8) is 0 Å². The molecule has 194 valence electrons. The first kappa shape index (κ1) is 24.2. The van der Waals surface area contributed by atoms with Gasteiger partial charge in [-0.15, -0.1) is 0 Å². The first-order valence-electron chi connectivity index (χ1n) is 13.0. The van der Waals surface area contributed by atoms with E-state index in [0.717, 1.165) is 11.1 Å². The van der Waals surface area contributed by atoms with Crippen LogP contribution < -0.4 is 15.8 Å². The van der Waals surface area contributed by atoms with Crippen LogP contribution >= 0.6 is 0 Å². The third-order valence-corrected chi connectivity index (χ3v) is 7.73. The Kier molecular flexibility index (Phi) is 5.91. The second-order valence-corrected chi connectivity index (χ2v) is 10.5. The van der Waals surface area contributed by atoms with Gasteiger partial charge in [0.25, 0.3) is 5.56 Å². The average molecular weight is 511 g/mol. The summed E-state index contributed by atoms with van der Waals surface area (Å²) in [4.78, 5) is 33.1. The summed E-state index contributed by atoms with van der Waals surface area (Å²) >= 11 is 0. The Labute approximate surface area is 220 Å². The van der Waals surface area contributed by atoms with E-state index in [2.05, 4.69) is 22.3 Å². The van der Waals surface area contributed by atoms with Gasteiger partial charge in [-0.25, -0.2) is 9.78 Å². The van der Waals surface area contributed by atoms with E-state index in [1.54, 1.807) is 28.8 Å². The summed E-state index contributed by atoms with van der Waals surface area (Å²) in [5.74, 6) is -0.396. The number of aryl methyl sites for hydroxylation is 1. The molecule has 0 bridgehead atoms. The zero-order valence-corrected chi connectivity index (χ0v) is 21.4. The first-order chi connectivity index (χ1) is 18.3. The molecule has 1 atom stereocenters. The number of aliphatic hydroxyl groups excluding tert-OH is 1. The predicted octanol–water partition coefficient (Wildman–Crippen LogP) is 4.79. The molecule has 3 aromatic carbocycles. The summed E-state index contributed by atoms with van der Waals surface area (Å²) in [6.45, 7) is 5.21. The molecule has 2 heterocycles. The average Bonchev–Trinajstić information content (AvgIpc) is 3.31. The molecular formula is C30H30N4O4. The summed E-state index contributed by atoms with van der Waals surface area (Å²) < 4.78 is 1.78. The Bertz CT molecular complexity index is 1600. The molecule has 2 aliphatic rings. The highest BCUT2D eigenvalue weighted by Gasteiger charge is 2.34. The van der Waals surface area contributed by atoms with Gasteiger partial charge in [0.05, 0.1) is 28.6 Å². The van der Waals surface area contributed by atoms with Crippen LogP contribution in [-0.2, 0) is 13.1 Å². The fourth-order valence-electron chi connectivity index (χ4n) is 5.70. The zero-order chi connectivity index (χ0) is 26.6. The van der Waals surface area contributed by atoms with E-state index < -0.39 is 12.1 Å². The molecule has 8 heteroatoms. The second-order valence-electron chi connectivity index (χ2n) is 10.5. The Balaban J connectivity index is 1.49. The van der Waals surface area contributed by atoms with Crippen molar-refractivity contribution >= 4 is 28.5 Å². The smallest absolute Gasteiger partial charge is 0.337 e. The summed E-state index contributed by atoms with van der Waals surface area (Å²) in [5, 5.41) is 23.6. The van der Waals surface area contributed by atoms with Gasteiger partial charge in [-0.05, 0) is 61.6 Å². The lowest BCUT2D eigenvalue weighted by Gasteiger charge is -2.36. The molecule has 8 nitrogen and oxygen atoms in total. The molecule has 1 aliphatic heterocycles. The number of carbonyl (C=O) groups is 1. The topological polar surface area (TPSA) is 108 Å². The fraction of sp³-hybridized carbons (Fsp3) is 0.300. The minimum Gasteiger partial charge on any atom is -0.478 e. The normalized spacial score (nSPS) is 19.2. The lowest BCUT2D eigenvalue weighted by molar-refractivity contribution is 0.0474. The van der Waals surface area contributed by atoms with Gasteiger partial charge in [-0.1, -0.05) is 42.5 Å². The third kappa shape index (κ3) is 4.11. The monoisotopic (exact) mass is 510 g/mol. The van der Waals surface area contributed by atoms with E-state index >= 15 is 0 Å². The molecule has 1 aliphatic carbocycles. The van der Waals surface area contributed by atoms with Crippen molar-refractivity contribution in [2.75, 3.05) is 10.2 Å². The number of hydrogen-bond acceptors (Lipinski definition) is 6. The van der Waals surface area contributed by atoms with Crippen molar-refractivity contribution < 1.29 is 15.0 Å². The van der Waals surface area contributed by atoms with E-state index in [1.807, 2.05) is 38.1 Å². The molecule has 1 saturated carbocycles. The third-order valence-electron chi connectivity index (χ3n) is 7.73. The van der Waals surface area contributed by atoms with Crippen LogP contribution in [0.1, 0.15) is 64.5 Å².